The molecule has 0 saturated heterocycles. The zero-order chi connectivity index (χ0) is 40.0. The molecule has 0 aliphatic carbocycles. The number of carbonyl (C=O) groups is 3. The SMILES string of the molecule is CC/C=C/C/C=C/C/C=C/C/C=C/C/C=C/CCCCCCCCCC(=O)OCC(COCCC(C(=O)O)[N+](C)(C)C)OC(=O)CCCCCCCCC. The molecule has 1 N–H and O–H groups in total. The van der Waals surface area contributed by atoms with Gasteiger partial charge in [0.25, 0.3) is 0 Å². The maximum absolute atomic E-state index is 12.6. The fourth-order valence-electron chi connectivity index (χ4n) is 5.88. The van der Waals surface area contributed by atoms with E-state index in [2.05, 4.69) is 74.6 Å². The quantitative estimate of drug-likeness (QED) is 0.0291. The number of likely N-dealkylation sites (N-methyl/N-ethyl adjacent to an activating group) is 1. The molecule has 8 heteroatoms. The number of carboxylic acid groups (broad SMARTS) is 1. The molecule has 0 aromatic heterocycles. The summed E-state index contributed by atoms with van der Waals surface area (Å²) in [6.45, 7) is 4.55. The number of rotatable bonds is 37. The lowest BCUT2D eigenvalue weighted by molar-refractivity contribution is -0.887. The van der Waals surface area contributed by atoms with Crippen LogP contribution in [-0.2, 0) is 28.6 Å². The van der Waals surface area contributed by atoms with Crippen molar-refractivity contribution in [3.63, 3.8) is 0 Å². The molecule has 0 aromatic carbocycles. The summed E-state index contributed by atoms with van der Waals surface area (Å²) in [4.78, 5) is 36.7. The molecule has 0 fully saturated rings. The van der Waals surface area contributed by atoms with Crippen LogP contribution in [0.25, 0.3) is 0 Å². The van der Waals surface area contributed by atoms with Gasteiger partial charge in [-0.3, -0.25) is 9.59 Å². The Bertz CT molecular complexity index is 1070. The Labute approximate surface area is 330 Å². The summed E-state index contributed by atoms with van der Waals surface area (Å²) < 4.78 is 17.2. The van der Waals surface area contributed by atoms with Gasteiger partial charge in [0.15, 0.2) is 12.1 Å². The standard InChI is InChI=1S/C46H79NO7/c1-6-8-10-12-14-15-16-17-18-19-20-21-22-23-24-25-26-27-28-29-31-32-34-36-44(48)53-41-42(40-52-39-38-43(46(50)51)47(3,4)5)54-45(49)37-35-33-30-13-11-9-7-2/h8,10,14-15,17-18,20-21,23-24,42-43H,6-7,9,11-13,16,19,22,25-41H2,1-5H3/p+1/b10-8+,15-14+,18-17+,21-20+,24-23+. The van der Waals surface area contributed by atoms with Crippen molar-refractivity contribution in [2.45, 2.75) is 174 Å². The van der Waals surface area contributed by atoms with Gasteiger partial charge in [0, 0.05) is 19.3 Å². The highest BCUT2D eigenvalue weighted by Gasteiger charge is 2.31. The van der Waals surface area contributed by atoms with Crippen LogP contribution in [0.5, 0.6) is 0 Å². The molecule has 0 amide bonds. The lowest BCUT2D eigenvalue weighted by Crippen LogP contribution is -2.50. The van der Waals surface area contributed by atoms with Gasteiger partial charge in [-0.05, 0) is 57.8 Å². The van der Waals surface area contributed by atoms with Gasteiger partial charge in [-0.1, -0.05) is 145 Å². The van der Waals surface area contributed by atoms with E-state index in [1.54, 1.807) is 0 Å². The number of carboxylic acids is 1. The second-order valence-electron chi connectivity index (χ2n) is 15.2. The normalized spacial score (nSPS) is 13.6. The van der Waals surface area contributed by atoms with Gasteiger partial charge < -0.3 is 23.8 Å². The smallest absolute Gasteiger partial charge is 0.362 e. The number of quaternary nitrogens is 1. The van der Waals surface area contributed by atoms with Crippen molar-refractivity contribution < 1.29 is 38.2 Å². The molecule has 0 heterocycles. The molecule has 0 radical (unpaired) electrons. The third kappa shape index (κ3) is 34.8. The van der Waals surface area contributed by atoms with Crippen LogP contribution in [0.1, 0.15) is 162 Å². The topological polar surface area (TPSA) is 99.1 Å². The largest absolute Gasteiger partial charge is 0.477 e. The third-order valence-electron chi connectivity index (χ3n) is 9.18. The van der Waals surface area contributed by atoms with Crippen LogP contribution in [0.2, 0.25) is 0 Å². The van der Waals surface area contributed by atoms with E-state index in [1.807, 2.05) is 21.1 Å². The maximum Gasteiger partial charge on any atom is 0.362 e. The first-order valence-corrected chi connectivity index (χ1v) is 21.3. The molecule has 54 heavy (non-hydrogen) atoms. The van der Waals surface area contributed by atoms with Gasteiger partial charge in [0.05, 0.1) is 34.4 Å². The number of ether oxygens (including phenoxy) is 3. The zero-order valence-electron chi connectivity index (χ0n) is 35.2. The van der Waals surface area contributed by atoms with Gasteiger partial charge in [0.2, 0.25) is 0 Å². The number of unbranched alkanes of at least 4 members (excludes halogenated alkanes) is 13. The van der Waals surface area contributed by atoms with Crippen molar-refractivity contribution in [1.29, 1.82) is 0 Å². The van der Waals surface area contributed by atoms with Crippen LogP contribution >= 0.6 is 0 Å². The maximum atomic E-state index is 12.6. The Kier molecular flexibility index (Phi) is 34.9. The zero-order valence-corrected chi connectivity index (χ0v) is 35.2. The minimum absolute atomic E-state index is 0.0562. The molecular formula is C46H80NO7+. The number of carbonyl (C=O) groups excluding carboxylic acids is 2. The first-order valence-electron chi connectivity index (χ1n) is 21.3. The molecular weight excluding hydrogens is 679 g/mol. The summed E-state index contributed by atoms with van der Waals surface area (Å²) in [5.41, 5.74) is 0. The van der Waals surface area contributed by atoms with Crippen molar-refractivity contribution >= 4 is 17.9 Å². The molecule has 0 saturated carbocycles. The first-order chi connectivity index (χ1) is 26.1. The highest BCUT2D eigenvalue weighted by atomic mass is 16.6. The van der Waals surface area contributed by atoms with Crippen LogP contribution in [0, 0.1) is 0 Å². The van der Waals surface area contributed by atoms with Gasteiger partial charge in [-0.2, -0.15) is 0 Å². The first kappa shape index (κ1) is 51.0. The minimum Gasteiger partial charge on any atom is -0.477 e. The second kappa shape index (κ2) is 37.0. The van der Waals surface area contributed by atoms with E-state index in [-0.39, 0.29) is 36.2 Å². The number of allylic oxidation sites excluding steroid dienone is 10. The van der Waals surface area contributed by atoms with Crippen LogP contribution < -0.4 is 0 Å². The summed E-state index contributed by atoms with van der Waals surface area (Å²) in [6, 6.07) is -0.615. The lowest BCUT2D eigenvalue weighted by atomic mass is 10.1. The van der Waals surface area contributed by atoms with Crippen molar-refractivity contribution in [1.82, 2.24) is 0 Å². The highest BCUT2D eigenvalue weighted by Crippen LogP contribution is 2.13. The van der Waals surface area contributed by atoms with Crippen LogP contribution in [0.4, 0.5) is 0 Å². The van der Waals surface area contributed by atoms with E-state index >= 15 is 0 Å². The van der Waals surface area contributed by atoms with E-state index in [0.717, 1.165) is 77.0 Å². The van der Waals surface area contributed by atoms with E-state index in [9.17, 15) is 19.5 Å². The average molecular weight is 759 g/mol. The minimum atomic E-state index is -0.880. The van der Waals surface area contributed by atoms with Crippen molar-refractivity contribution in [3.05, 3.63) is 60.8 Å². The number of nitrogens with zero attached hydrogens (tertiary/aromatic N) is 1. The summed E-state index contributed by atoms with van der Waals surface area (Å²) in [6.07, 6.45) is 44.2. The third-order valence-corrected chi connectivity index (χ3v) is 9.18. The van der Waals surface area contributed by atoms with Crippen LogP contribution in [-0.4, -0.2) is 80.6 Å². The molecule has 310 valence electrons. The van der Waals surface area contributed by atoms with Gasteiger partial charge in [-0.15, -0.1) is 0 Å². The summed E-state index contributed by atoms with van der Waals surface area (Å²) in [7, 11) is 5.51. The molecule has 2 unspecified atom stereocenters. The Balaban J connectivity index is 4.20. The number of aliphatic carboxylic acids is 1. The van der Waals surface area contributed by atoms with Gasteiger partial charge in [0.1, 0.15) is 6.61 Å². The predicted molar refractivity (Wildman–Crippen MR) is 224 cm³/mol. The van der Waals surface area contributed by atoms with Crippen LogP contribution in [0.15, 0.2) is 60.8 Å². The summed E-state index contributed by atoms with van der Waals surface area (Å²) in [5, 5.41) is 9.58. The van der Waals surface area contributed by atoms with Gasteiger partial charge >= 0.3 is 17.9 Å². The fourth-order valence-corrected chi connectivity index (χ4v) is 5.88. The molecule has 0 spiro atoms. The van der Waals surface area contributed by atoms with Crippen molar-refractivity contribution in [3.8, 4) is 0 Å². The summed E-state index contributed by atoms with van der Waals surface area (Å²) >= 11 is 0. The number of hydrogen-bond donors (Lipinski definition) is 1. The van der Waals surface area contributed by atoms with E-state index in [0.29, 0.717) is 19.3 Å². The van der Waals surface area contributed by atoms with Crippen molar-refractivity contribution in [2.75, 3.05) is 41.0 Å². The lowest BCUT2D eigenvalue weighted by Gasteiger charge is -2.31. The van der Waals surface area contributed by atoms with Crippen LogP contribution in [0.3, 0.4) is 0 Å². The fraction of sp³-hybridized carbons (Fsp3) is 0.717. The van der Waals surface area contributed by atoms with E-state index in [1.165, 1.54) is 51.4 Å². The molecule has 2 atom stereocenters. The molecule has 0 aliphatic rings. The Morgan fingerprint density at radius 3 is 1.54 bits per heavy atom. The van der Waals surface area contributed by atoms with Crippen molar-refractivity contribution in [2.24, 2.45) is 0 Å². The van der Waals surface area contributed by atoms with E-state index in [4.69, 9.17) is 14.2 Å². The average Bonchev–Trinajstić information content (AvgIpc) is 3.12. The van der Waals surface area contributed by atoms with E-state index < -0.39 is 18.1 Å². The summed E-state index contributed by atoms with van der Waals surface area (Å²) in [5.74, 6) is -1.49. The molecule has 0 rings (SSSR count). The number of esters is 2. The Morgan fingerprint density at radius 1 is 0.574 bits per heavy atom. The second-order valence-corrected chi connectivity index (χ2v) is 15.2. The molecule has 0 aliphatic heterocycles. The highest BCUT2D eigenvalue weighted by molar-refractivity contribution is 5.72. The monoisotopic (exact) mass is 759 g/mol. The molecule has 0 aromatic rings. The predicted octanol–water partition coefficient (Wildman–Crippen LogP) is 11.4. The molecule has 8 nitrogen and oxygen atoms in total. The number of hydrogen-bond acceptors (Lipinski definition) is 6. The Morgan fingerprint density at radius 2 is 1.04 bits per heavy atom. The Hall–Kier alpha value is -2.97. The molecule has 0 bridgehead atoms. The van der Waals surface area contributed by atoms with Gasteiger partial charge in [-0.25, -0.2) is 4.79 Å².